The molecule has 2 aromatic carbocycles. The Hall–Kier alpha value is -2.74. The molecule has 0 aromatic heterocycles. The van der Waals surface area contributed by atoms with Gasteiger partial charge in [-0.2, -0.15) is 0 Å². The lowest BCUT2D eigenvalue weighted by Gasteiger charge is -2.18. The van der Waals surface area contributed by atoms with Gasteiger partial charge in [0.25, 0.3) is 0 Å². The van der Waals surface area contributed by atoms with E-state index < -0.39 is 5.92 Å². The molecule has 29 heavy (non-hydrogen) atoms. The average molecular weight is 462 g/mol. The van der Waals surface area contributed by atoms with Gasteiger partial charge in [0.1, 0.15) is 11.7 Å². The number of nitrogens with one attached hydrogen (secondary N) is 2. The molecule has 0 aliphatic carbocycles. The summed E-state index contributed by atoms with van der Waals surface area (Å²) in [5, 5.41) is 5.37. The number of carbonyl (C=O) groups is 3. The summed E-state index contributed by atoms with van der Waals surface area (Å²) in [4.78, 5) is 38.5. The van der Waals surface area contributed by atoms with Gasteiger partial charge < -0.3 is 15.5 Å². The van der Waals surface area contributed by atoms with E-state index in [9.17, 15) is 18.8 Å². The maximum atomic E-state index is 13.1. The Kier molecular flexibility index (Phi) is 6.98. The SMILES string of the molecule is O=C(Cc1cccc(F)c1)NCCNC(=O)C1CCN(c2ccccc2Br)C1=O. The molecular formula is C21H21BrFN3O3. The number of halogens is 2. The molecule has 2 aromatic rings. The molecule has 0 bridgehead atoms. The Morgan fingerprint density at radius 2 is 1.86 bits per heavy atom. The van der Waals surface area contributed by atoms with Crippen molar-refractivity contribution in [1.29, 1.82) is 0 Å². The zero-order valence-electron chi connectivity index (χ0n) is 15.7. The first-order chi connectivity index (χ1) is 14.0. The number of benzene rings is 2. The molecule has 1 unspecified atom stereocenters. The molecule has 1 aliphatic rings. The van der Waals surface area contributed by atoms with Gasteiger partial charge in [-0.3, -0.25) is 14.4 Å². The Balaban J connectivity index is 1.42. The minimum absolute atomic E-state index is 0.0632. The average Bonchev–Trinajstić information content (AvgIpc) is 3.07. The van der Waals surface area contributed by atoms with Crippen molar-refractivity contribution in [2.75, 3.05) is 24.5 Å². The van der Waals surface area contributed by atoms with Gasteiger partial charge in [-0.15, -0.1) is 0 Å². The third-order valence-corrected chi connectivity index (χ3v) is 5.34. The van der Waals surface area contributed by atoms with Crippen LogP contribution in [0.15, 0.2) is 53.0 Å². The van der Waals surface area contributed by atoms with E-state index in [2.05, 4.69) is 26.6 Å². The molecule has 1 atom stereocenters. The largest absolute Gasteiger partial charge is 0.354 e. The van der Waals surface area contributed by atoms with Crippen molar-refractivity contribution >= 4 is 39.3 Å². The minimum atomic E-state index is -0.731. The highest BCUT2D eigenvalue weighted by Gasteiger charge is 2.37. The molecule has 0 radical (unpaired) electrons. The fraction of sp³-hybridized carbons (Fsp3) is 0.286. The van der Waals surface area contributed by atoms with E-state index in [0.717, 1.165) is 10.2 Å². The Morgan fingerprint density at radius 1 is 1.10 bits per heavy atom. The molecule has 0 spiro atoms. The van der Waals surface area contributed by atoms with E-state index in [-0.39, 0.29) is 43.0 Å². The van der Waals surface area contributed by atoms with Crippen LogP contribution in [0.3, 0.4) is 0 Å². The zero-order valence-corrected chi connectivity index (χ0v) is 17.2. The number of nitrogens with zero attached hydrogens (tertiary/aromatic N) is 1. The summed E-state index contributed by atoms with van der Waals surface area (Å²) in [6.07, 6.45) is 0.506. The van der Waals surface area contributed by atoms with Crippen molar-refractivity contribution < 1.29 is 18.8 Å². The van der Waals surface area contributed by atoms with Crippen LogP contribution >= 0.6 is 15.9 Å². The molecule has 152 valence electrons. The third kappa shape index (κ3) is 5.41. The molecule has 1 saturated heterocycles. The Morgan fingerprint density at radius 3 is 2.62 bits per heavy atom. The predicted octanol–water partition coefficient (Wildman–Crippen LogP) is 2.42. The van der Waals surface area contributed by atoms with Crippen LogP contribution in [0.1, 0.15) is 12.0 Å². The van der Waals surface area contributed by atoms with Gasteiger partial charge in [0.15, 0.2) is 0 Å². The maximum Gasteiger partial charge on any atom is 0.239 e. The number of hydrogen-bond acceptors (Lipinski definition) is 3. The van der Waals surface area contributed by atoms with Gasteiger partial charge in [0.2, 0.25) is 17.7 Å². The second-order valence-corrected chi connectivity index (χ2v) is 7.58. The second-order valence-electron chi connectivity index (χ2n) is 6.73. The molecule has 8 heteroatoms. The van der Waals surface area contributed by atoms with Crippen LogP contribution in [0.2, 0.25) is 0 Å². The molecule has 2 N–H and O–H groups in total. The minimum Gasteiger partial charge on any atom is -0.354 e. The van der Waals surface area contributed by atoms with Crippen molar-refractivity contribution in [3.63, 3.8) is 0 Å². The number of amides is 3. The highest BCUT2D eigenvalue weighted by atomic mass is 79.9. The quantitative estimate of drug-likeness (QED) is 0.490. The van der Waals surface area contributed by atoms with Gasteiger partial charge in [0.05, 0.1) is 12.1 Å². The molecule has 0 saturated carbocycles. The van der Waals surface area contributed by atoms with E-state index in [4.69, 9.17) is 0 Å². The van der Waals surface area contributed by atoms with E-state index in [1.807, 2.05) is 24.3 Å². The third-order valence-electron chi connectivity index (χ3n) is 4.67. The summed E-state index contributed by atoms with van der Waals surface area (Å²) >= 11 is 3.43. The smallest absolute Gasteiger partial charge is 0.239 e. The van der Waals surface area contributed by atoms with E-state index in [1.165, 1.54) is 12.1 Å². The topological polar surface area (TPSA) is 78.5 Å². The number of hydrogen-bond donors (Lipinski definition) is 2. The number of para-hydroxylation sites is 1. The van der Waals surface area contributed by atoms with E-state index in [0.29, 0.717) is 18.5 Å². The van der Waals surface area contributed by atoms with Gasteiger partial charge in [-0.25, -0.2) is 4.39 Å². The van der Waals surface area contributed by atoms with E-state index in [1.54, 1.807) is 17.0 Å². The summed E-state index contributed by atoms with van der Waals surface area (Å²) in [5.41, 5.74) is 1.33. The summed E-state index contributed by atoms with van der Waals surface area (Å²) in [7, 11) is 0. The monoisotopic (exact) mass is 461 g/mol. The molecule has 1 heterocycles. The van der Waals surface area contributed by atoms with Crippen molar-refractivity contribution in [2.45, 2.75) is 12.8 Å². The number of rotatable bonds is 7. The number of anilines is 1. The molecular weight excluding hydrogens is 441 g/mol. The van der Waals surface area contributed by atoms with Gasteiger partial charge in [-0.05, 0) is 52.2 Å². The highest BCUT2D eigenvalue weighted by Crippen LogP contribution is 2.31. The summed E-state index contributed by atoms with van der Waals surface area (Å²) in [6, 6.07) is 13.2. The Labute approximate surface area is 176 Å². The van der Waals surface area contributed by atoms with Crippen LogP contribution in [0.4, 0.5) is 10.1 Å². The van der Waals surface area contributed by atoms with Crippen LogP contribution in [-0.2, 0) is 20.8 Å². The first kappa shape index (κ1) is 21.0. The maximum absolute atomic E-state index is 13.1. The lowest BCUT2D eigenvalue weighted by molar-refractivity contribution is -0.132. The fourth-order valence-corrected chi connectivity index (χ4v) is 3.74. The van der Waals surface area contributed by atoms with Gasteiger partial charge in [0, 0.05) is 24.1 Å². The molecule has 1 fully saturated rings. The summed E-state index contributed by atoms with van der Waals surface area (Å²) in [5.74, 6) is -1.96. The summed E-state index contributed by atoms with van der Waals surface area (Å²) in [6.45, 7) is 0.922. The van der Waals surface area contributed by atoms with Crippen molar-refractivity contribution in [3.05, 3.63) is 64.4 Å². The van der Waals surface area contributed by atoms with Crippen LogP contribution < -0.4 is 15.5 Å². The first-order valence-electron chi connectivity index (χ1n) is 9.30. The van der Waals surface area contributed by atoms with Crippen molar-refractivity contribution in [1.82, 2.24) is 10.6 Å². The fourth-order valence-electron chi connectivity index (χ4n) is 3.24. The summed E-state index contributed by atoms with van der Waals surface area (Å²) < 4.78 is 13.9. The lowest BCUT2D eigenvalue weighted by atomic mass is 10.1. The molecule has 1 aliphatic heterocycles. The standard InChI is InChI=1S/C21H21BrFN3O3/c22-17-6-1-2-7-18(17)26-11-8-16(21(26)29)20(28)25-10-9-24-19(27)13-14-4-3-5-15(23)12-14/h1-7,12,16H,8-11,13H2,(H,24,27)(H,25,28). The van der Waals surface area contributed by atoms with Crippen molar-refractivity contribution in [3.8, 4) is 0 Å². The van der Waals surface area contributed by atoms with Crippen molar-refractivity contribution in [2.24, 2.45) is 5.92 Å². The Bertz CT molecular complexity index is 922. The lowest BCUT2D eigenvalue weighted by Crippen LogP contribution is -2.40. The molecule has 3 amide bonds. The van der Waals surface area contributed by atoms with E-state index >= 15 is 0 Å². The van der Waals surface area contributed by atoms with Crippen LogP contribution in [0.5, 0.6) is 0 Å². The highest BCUT2D eigenvalue weighted by molar-refractivity contribution is 9.10. The van der Waals surface area contributed by atoms with Gasteiger partial charge >= 0.3 is 0 Å². The molecule has 6 nitrogen and oxygen atoms in total. The van der Waals surface area contributed by atoms with Crippen LogP contribution in [-0.4, -0.2) is 37.4 Å². The molecule has 3 rings (SSSR count). The predicted molar refractivity (Wildman–Crippen MR) is 111 cm³/mol. The second kappa shape index (κ2) is 9.65. The first-order valence-corrected chi connectivity index (χ1v) is 10.1. The van der Waals surface area contributed by atoms with Gasteiger partial charge in [-0.1, -0.05) is 24.3 Å². The van der Waals surface area contributed by atoms with Crippen LogP contribution in [0, 0.1) is 11.7 Å². The number of carbonyl (C=O) groups excluding carboxylic acids is 3. The van der Waals surface area contributed by atoms with Crippen LogP contribution in [0.25, 0.3) is 0 Å². The zero-order chi connectivity index (χ0) is 20.8. The normalized spacial score (nSPS) is 16.0.